The van der Waals surface area contributed by atoms with E-state index in [2.05, 4.69) is 86.8 Å². The molecule has 460 valence electrons. The lowest BCUT2D eigenvalue weighted by atomic mass is 10.0. The van der Waals surface area contributed by atoms with E-state index in [0.29, 0.717) is 17.4 Å². The first kappa shape index (κ1) is 76.5. The maximum absolute atomic E-state index is 13.6. The Morgan fingerprint density at radius 3 is 1.22 bits per heavy atom. The van der Waals surface area contributed by atoms with Crippen molar-refractivity contribution in [3.63, 3.8) is 0 Å². The molecule has 0 spiro atoms. The third kappa shape index (κ3) is 59.9. The number of hydrogen-bond acceptors (Lipinski definition) is 6. The first-order valence-electron chi connectivity index (χ1n) is 33.3. The van der Waals surface area contributed by atoms with Crippen molar-refractivity contribution in [2.45, 2.75) is 315 Å². The number of phosphoric ester groups is 1. The number of carbonyl (C=O) groups excluding carboxylic acids is 2. The molecular weight excluding hydrogens is 1000 g/mol. The van der Waals surface area contributed by atoms with E-state index in [-0.39, 0.29) is 31.5 Å². The zero-order valence-electron chi connectivity index (χ0n) is 52.6. The summed E-state index contributed by atoms with van der Waals surface area (Å²) >= 11 is 0. The van der Waals surface area contributed by atoms with Gasteiger partial charge in [-0.1, -0.05) is 287 Å². The highest BCUT2D eigenvalue weighted by atomic mass is 31.2. The van der Waals surface area contributed by atoms with E-state index in [1.54, 1.807) is 0 Å². The van der Waals surface area contributed by atoms with Gasteiger partial charge in [-0.25, -0.2) is 4.57 Å². The van der Waals surface area contributed by atoms with Gasteiger partial charge in [0, 0.05) is 12.8 Å². The topological polar surface area (TPSA) is 111 Å². The molecule has 2 N–H and O–H groups in total. The van der Waals surface area contributed by atoms with Crippen LogP contribution < -0.4 is 5.32 Å². The number of allylic oxidation sites excluding steroid dienone is 11. The third-order valence-corrected chi connectivity index (χ3v) is 15.6. The van der Waals surface area contributed by atoms with Gasteiger partial charge >= 0.3 is 13.8 Å². The Balaban J connectivity index is 5.24. The molecule has 0 rings (SSSR count). The third-order valence-electron chi connectivity index (χ3n) is 14.7. The Morgan fingerprint density at radius 2 is 0.810 bits per heavy atom. The van der Waals surface area contributed by atoms with Crippen molar-refractivity contribution in [3.05, 3.63) is 72.9 Å². The van der Waals surface area contributed by atoms with Gasteiger partial charge < -0.3 is 19.4 Å². The van der Waals surface area contributed by atoms with Gasteiger partial charge in [0.15, 0.2) is 0 Å². The molecule has 10 heteroatoms. The van der Waals surface area contributed by atoms with E-state index in [1.807, 2.05) is 33.3 Å². The minimum atomic E-state index is -4.46. The van der Waals surface area contributed by atoms with Crippen LogP contribution in [-0.4, -0.2) is 74.3 Å². The van der Waals surface area contributed by atoms with Crippen LogP contribution in [0, 0.1) is 0 Å². The highest BCUT2D eigenvalue weighted by Crippen LogP contribution is 2.43. The Bertz CT molecular complexity index is 1580. The lowest BCUT2D eigenvalue weighted by Crippen LogP contribution is -2.47. The van der Waals surface area contributed by atoms with Crippen LogP contribution >= 0.6 is 7.82 Å². The number of rotatable bonds is 60. The molecule has 0 aromatic carbocycles. The molecule has 9 nitrogen and oxygen atoms in total. The second-order valence-electron chi connectivity index (χ2n) is 23.6. The quantitative estimate of drug-likeness (QED) is 0.0205. The maximum Gasteiger partial charge on any atom is 0.472 e. The molecule has 0 aromatic rings. The molecule has 0 heterocycles. The summed E-state index contributed by atoms with van der Waals surface area (Å²) in [5.41, 5.74) is 0. The molecule has 0 saturated heterocycles. The van der Waals surface area contributed by atoms with E-state index >= 15 is 0 Å². The molecule has 0 aliphatic carbocycles. The molecule has 0 radical (unpaired) electrons. The van der Waals surface area contributed by atoms with Crippen LogP contribution in [0.5, 0.6) is 0 Å². The van der Waals surface area contributed by atoms with Crippen molar-refractivity contribution in [1.82, 2.24) is 5.32 Å². The van der Waals surface area contributed by atoms with Crippen molar-refractivity contribution < 1.29 is 37.3 Å². The molecule has 0 aliphatic rings. The zero-order chi connectivity index (χ0) is 57.9. The van der Waals surface area contributed by atoms with E-state index in [4.69, 9.17) is 13.8 Å². The van der Waals surface area contributed by atoms with Crippen molar-refractivity contribution in [2.75, 3.05) is 40.9 Å². The standard InChI is InChI=1S/C69H127N2O7P/c1-7-10-13-16-19-22-25-28-30-32-34-35-37-38-40-43-46-49-52-55-58-61-68(72)70-66(65-77-79(74,75)76-64-63-71(4,5)6)67(60-57-54-51-48-45-42-27-24-21-18-15-12-9-3)78-69(73)62-59-56-53-50-47-44-41-39-36-33-31-29-26-23-20-17-14-11-8-2/h10,13,19,22,28,30,34-35,38,40,57,60,66-67H,7-9,11-12,14-18,20-21,23-27,29,31-33,36-37,39,41-56,58-59,61-65H2,1-6H3,(H-,70,72,74,75)/p+1/b13-10-,22-19-,30-28-,35-34-,40-38-,60-57+. The second kappa shape index (κ2) is 58.6. The Morgan fingerprint density at radius 1 is 0.456 bits per heavy atom. The fourth-order valence-corrected chi connectivity index (χ4v) is 10.3. The van der Waals surface area contributed by atoms with Gasteiger partial charge in [0.05, 0.1) is 33.8 Å². The number of quaternary nitrogens is 1. The highest BCUT2D eigenvalue weighted by molar-refractivity contribution is 7.47. The normalized spacial score (nSPS) is 14.1. The molecule has 79 heavy (non-hydrogen) atoms. The molecule has 0 fully saturated rings. The first-order chi connectivity index (χ1) is 38.4. The van der Waals surface area contributed by atoms with Crippen molar-refractivity contribution >= 4 is 19.7 Å². The summed E-state index contributed by atoms with van der Waals surface area (Å²) in [6.07, 6.45) is 76.1. The fraction of sp³-hybridized carbons (Fsp3) is 0.797. The summed E-state index contributed by atoms with van der Waals surface area (Å²) in [6.45, 7) is 6.92. The average molecular weight is 1130 g/mol. The van der Waals surface area contributed by atoms with Gasteiger partial charge in [0.2, 0.25) is 5.91 Å². The van der Waals surface area contributed by atoms with Gasteiger partial charge in [0.25, 0.3) is 0 Å². The average Bonchev–Trinajstić information content (AvgIpc) is 3.41. The van der Waals surface area contributed by atoms with E-state index < -0.39 is 20.0 Å². The Hall–Kier alpha value is -2.55. The molecule has 1 amide bonds. The van der Waals surface area contributed by atoms with Gasteiger partial charge in [-0.3, -0.25) is 18.6 Å². The van der Waals surface area contributed by atoms with E-state index in [0.717, 1.165) is 109 Å². The number of nitrogens with one attached hydrogen (secondary N) is 1. The molecule has 0 aliphatic heterocycles. The number of likely N-dealkylation sites (N-methyl/N-ethyl adjacent to an activating group) is 1. The van der Waals surface area contributed by atoms with Crippen LogP contribution in [0.25, 0.3) is 0 Å². The molecule has 0 saturated carbocycles. The fourth-order valence-electron chi connectivity index (χ4n) is 9.56. The number of hydrogen-bond donors (Lipinski definition) is 2. The van der Waals surface area contributed by atoms with Gasteiger partial charge in [-0.15, -0.1) is 0 Å². The zero-order valence-corrected chi connectivity index (χ0v) is 53.5. The second-order valence-corrected chi connectivity index (χ2v) is 25.1. The van der Waals surface area contributed by atoms with Gasteiger partial charge in [-0.2, -0.15) is 0 Å². The summed E-state index contributed by atoms with van der Waals surface area (Å²) in [5.74, 6) is -0.517. The van der Waals surface area contributed by atoms with Crippen molar-refractivity contribution in [3.8, 4) is 0 Å². The Labute approximate surface area is 489 Å². The van der Waals surface area contributed by atoms with Crippen LogP contribution in [0.3, 0.4) is 0 Å². The largest absolute Gasteiger partial charge is 0.472 e. The van der Waals surface area contributed by atoms with Crippen LogP contribution in [0.4, 0.5) is 0 Å². The molecule has 0 bridgehead atoms. The highest BCUT2D eigenvalue weighted by Gasteiger charge is 2.30. The van der Waals surface area contributed by atoms with Gasteiger partial charge in [0.1, 0.15) is 19.3 Å². The van der Waals surface area contributed by atoms with E-state index in [1.165, 1.54) is 161 Å². The smallest absolute Gasteiger partial charge is 0.456 e. The van der Waals surface area contributed by atoms with Crippen LogP contribution in [0.15, 0.2) is 72.9 Å². The molecule has 3 unspecified atom stereocenters. The predicted molar refractivity (Wildman–Crippen MR) is 341 cm³/mol. The summed E-state index contributed by atoms with van der Waals surface area (Å²) in [7, 11) is 1.48. The summed E-state index contributed by atoms with van der Waals surface area (Å²) in [4.78, 5) is 37.8. The predicted octanol–water partition coefficient (Wildman–Crippen LogP) is 20.8. The summed E-state index contributed by atoms with van der Waals surface area (Å²) in [5, 5.41) is 3.06. The summed E-state index contributed by atoms with van der Waals surface area (Å²) in [6, 6.07) is -0.860. The van der Waals surface area contributed by atoms with Crippen LogP contribution in [0.1, 0.15) is 303 Å². The van der Waals surface area contributed by atoms with Crippen LogP contribution in [0.2, 0.25) is 0 Å². The monoisotopic (exact) mass is 1130 g/mol. The number of phosphoric acid groups is 1. The minimum Gasteiger partial charge on any atom is -0.456 e. The minimum absolute atomic E-state index is 0.0351. The van der Waals surface area contributed by atoms with Crippen molar-refractivity contribution in [2.24, 2.45) is 0 Å². The number of esters is 1. The van der Waals surface area contributed by atoms with Gasteiger partial charge in [-0.05, 0) is 76.7 Å². The SMILES string of the molecule is CC/C=C\C/C=C\C/C=C\C/C=C\C/C=C\CCCCCCCC(=O)NC(COP(=O)(O)OCC[N+](C)(C)C)C(/C=C/CCCCCCCCCCCCC)OC(=O)CCCCCCCCCCCCCCCCCCCCC. The number of ether oxygens (including phenoxy) is 1. The van der Waals surface area contributed by atoms with Crippen LogP contribution in [-0.2, 0) is 27.9 Å². The molecule has 0 aromatic heterocycles. The first-order valence-corrected chi connectivity index (χ1v) is 34.8. The number of nitrogens with zero attached hydrogens (tertiary/aromatic N) is 1. The number of carbonyl (C=O) groups is 2. The lowest BCUT2D eigenvalue weighted by Gasteiger charge is -2.27. The maximum atomic E-state index is 13.6. The number of unbranched alkanes of at least 4 members (excludes halogenated alkanes) is 34. The summed E-state index contributed by atoms with van der Waals surface area (Å²) < 4.78 is 30.8. The molecular formula is C69H128N2O7P+. The lowest BCUT2D eigenvalue weighted by molar-refractivity contribution is -0.870. The van der Waals surface area contributed by atoms with E-state index in [9.17, 15) is 19.0 Å². The molecule has 3 atom stereocenters. The number of amides is 1. The Kier molecular flexibility index (Phi) is 56.7. The van der Waals surface area contributed by atoms with Crippen molar-refractivity contribution in [1.29, 1.82) is 0 Å².